The van der Waals surface area contributed by atoms with Gasteiger partial charge in [0.2, 0.25) is 0 Å². The fraction of sp³-hybridized carbons (Fsp3) is 0.200. The van der Waals surface area contributed by atoms with Gasteiger partial charge in [-0.25, -0.2) is 0 Å². The molecule has 0 nitrogen and oxygen atoms in total. The molecule has 0 atom stereocenters. The second kappa shape index (κ2) is 6.73. The average molecular weight is 450 g/mol. The third-order valence-corrected chi connectivity index (χ3v) is 4.68. The van der Waals surface area contributed by atoms with Crippen molar-refractivity contribution in [3.05, 3.63) is 60.8 Å². The van der Waals surface area contributed by atoms with Crippen LogP contribution in [0.2, 0.25) is 0 Å². The molecule has 0 unspecified atom stereocenters. The molecule has 0 spiro atoms. The Bertz CT molecular complexity index is 494. The van der Waals surface area contributed by atoms with Crippen molar-refractivity contribution in [1.29, 1.82) is 0 Å². The molecule has 0 saturated heterocycles. The SMILES string of the molecule is C=C(I)C(C)=C(/C=C\C)c1cccc(I)c1C. The predicted molar refractivity (Wildman–Crippen MR) is 94.5 cm³/mol. The zero-order chi connectivity index (χ0) is 13.0. The van der Waals surface area contributed by atoms with E-state index < -0.39 is 0 Å². The third kappa shape index (κ3) is 3.68. The van der Waals surface area contributed by atoms with Gasteiger partial charge in [0.05, 0.1) is 0 Å². The minimum atomic E-state index is 1.09. The third-order valence-electron chi connectivity index (χ3n) is 2.70. The lowest BCUT2D eigenvalue weighted by Crippen LogP contribution is -1.93. The molecule has 1 aromatic rings. The summed E-state index contributed by atoms with van der Waals surface area (Å²) in [6, 6.07) is 6.42. The van der Waals surface area contributed by atoms with E-state index in [4.69, 9.17) is 0 Å². The van der Waals surface area contributed by atoms with Crippen LogP contribution in [0.15, 0.2) is 46.1 Å². The van der Waals surface area contributed by atoms with Gasteiger partial charge < -0.3 is 0 Å². The fourth-order valence-corrected chi connectivity index (χ4v) is 2.42. The van der Waals surface area contributed by atoms with Gasteiger partial charge in [-0.15, -0.1) is 0 Å². The summed E-state index contributed by atoms with van der Waals surface area (Å²) in [5, 5.41) is 0. The van der Waals surface area contributed by atoms with Crippen LogP contribution in [0.4, 0.5) is 0 Å². The topological polar surface area (TPSA) is 0 Å². The number of hydrogen-bond donors (Lipinski definition) is 0. The van der Waals surface area contributed by atoms with E-state index in [0.717, 1.165) is 3.58 Å². The minimum Gasteiger partial charge on any atom is -0.0870 e. The Morgan fingerprint density at radius 3 is 2.53 bits per heavy atom. The summed E-state index contributed by atoms with van der Waals surface area (Å²) in [6.45, 7) is 10.4. The summed E-state index contributed by atoms with van der Waals surface area (Å²) < 4.78 is 2.39. The number of hydrogen-bond acceptors (Lipinski definition) is 0. The molecular formula is C15H16I2. The number of benzene rings is 1. The molecule has 0 radical (unpaired) electrons. The van der Waals surface area contributed by atoms with Crippen molar-refractivity contribution < 1.29 is 0 Å². The second-order valence-electron chi connectivity index (χ2n) is 3.86. The molecule has 0 N–H and O–H groups in total. The van der Waals surface area contributed by atoms with Gasteiger partial charge in [-0.2, -0.15) is 0 Å². The van der Waals surface area contributed by atoms with Crippen molar-refractivity contribution in [2.45, 2.75) is 20.8 Å². The lowest BCUT2D eigenvalue weighted by molar-refractivity contribution is 1.37. The maximum Gasteiger partial charge on any atom is 0.0165 e. The highest BCUT2D eigenvalue weighted by atomic mass is 127. The first-order valence-electron chi connectivity index (χ1n) is 5.42. The molecule has 0 saturated carbocycles. The first-order valence-corrected chi connectivity index (χ1v) is 7.58. The highest BCUT2D eigenvalue weighted by molar-refractivity contribution is 14.1. The number of allylic oxidation sites excluding steroid dienone is 5. The van der Waals surface area contributed by atoms with E-state index in [9.17, 15) is 0 Å². The molecule has 2 heteroatoms. The molecule has 1 rings (SSSR count). The summed E-state index contributed by atoms with van der Waals surface area (Å²) in [5.74, 6) is 0. The standard InChI is InChI=1S/C15H16I2/c1-5-7-13(10(2)12(4)16)14-8-6-9-15(17)11(14)3/h5-9H,4H2,1-3H3/b7-5-,13-10?. The van der Waals surface area contributed by atoms with Crippen LogP contribution in [-0.4, -0.2) is 0 Å². The quantitative estimate of drug-likeness (QED) is 0.398. The van der Waals surface area contributed by atoms with E-state index in [0.29, 0.717) is 0 Å². The lowest BCUT2D eigenvalue weighted by atomic mass is 9.96. The van der Waals surface area contributed by atoms with E-state index in [-0.39, 0.29) is 0 Å². The molecule has 0 aliphatic rings. The molecule has 0 bridgehead atoms. The van der Waals surface area contributed by atoms with Crippen molar-refractivity contribution in [3.8, 4) is 0 Å². The van der Waals surface area contributed by atoms with Crippen molar-refractivity contribution in [2.24, 2.45) is 0 Å². The molecule has 0 aliphatic carbocycles. The van der Waals surface area contributed by atoms with Crippen LogP contribution in [0.1, 0.15) is 25.0 Å². The molecule has 90 valence electrons. The Morgan fingerprint density at radius 2 is 2.00 bits per heavy atom. The van der Waals surface area contributed by atoms with Crippen molar-refractivity contribution in [1.82, 2.24) is 0 Å². The summed E-state index contributed by atoms with van der Waals surface area (Å²) in [4.78, 5) is 0. The van der Waals surface area contributed by atoms with Gasteiger partial charge in [0.15, 0.2) is 0 Å². The Morgan fingerprint density at radius 1 is 1.35 bits per heavy atom. The van der Waals surface area contributed by atoms with Gasteiger partial charge in [0.25, 0.3) is 0 Å². The first kappa shape index (κ1) is 15.0. The summed E-state index contributed by atoms with van der Waals surface area (Å²) in [7, 11) is 0. The Labute approximate surface area is 131 Å². The van der Waals surface area contributed by atoms with Crippen molar-refractivity contribution in [2.75, 3.05) is 0 Å². The average Bonchev–Trinajstić information content (AvgIpc) is 2.29. The minimum absolute atomic E-state index is 1.09. The Balaban J connectivity index is 3.50. The predicted octanol–water partition coefficient (Wildman–Crippen LogP) is 5.90. The lowest BCUT2D eigenvalue weighted by Gasteiger charge is -2.12. The van der Waals surface area contributed by atoms with Gasteiger partial charge in [0.1, 0.15) is 0 Å². The van der Waals surface area contributed by atoms with Crippen LogP contribution < -0.4 is 0 Å². The molecular weight excluding hydrogens is 434 g/mol. The van der Waals surface area contributed by atoms with Crippen LogP contribution in [0, 0.1) is 10.5 Å². The molecule has 0 aliphatic heterocycles. The van der Waals surface area contributed by atoms with Gasteiger partial charge in [-0.3, -0.25) is 0 Å². The van der Waals surface area contributed by atoms with Crippen LogP contribution in [0.3, 0.4) is 0 Å². The normalized spacial score (nSPS) is 12.8. The molecule has 0 fully saturated rings. The summed E-state index contributed by atoms with van der Waals surface area (Å²) in [6.07, 6.45) is 4.25. The van der Waals surface area contributed by atoms with Crippen LogP contribution >= 0.6 is 45.2 Å². The summed E-state index contributed by atoms with van der Waals surface area (Å²) in [5.41, 5.74) is 5.14. The fourth-order valence-electron chi connectivity index (χ4n) is 1.63. The monoisotopic (exact) mass is 450 g/mol. The first-order chi connectivity index (χ1) is 7.99. The van der Waals surface area contributed by atoms with Gasteiger partial charge >= 0.3 is 0 Å². The maximum absolute atomic E-state index is 4.03. The van der Waals surface area contributed by atoms with E-state index in [1.54, 1.807) is 0 Å². The number of rotatable bonds is 3. The molecule has 17 heavy (non-hydrogen) atoms. The largest absolute Gasteiger partial charge is 0.0870 e. The zero-order valence-corrected chi connectivity index (χ0v) is 14.7. The summed E-state index contributed by atoms with van der Waals surface area (Å²) >= 11 is 4.66. The van der Waals surface area contributed by atoms with Gasteiger partial charge in [-0.1, -0.05) is 30.9 Å². The highest BCUT2D eigenvalue weighted by Gasteiger charge is 2.08. The van der Waals surface area contributed by atoms with Crippen LogP contribution in [-0.2, 0) is 0 Å². The molecule has 1 aromatic carbocycles. The Hall–Kier alpha value is -0.100. The van der Waals surface area contributed by atoms with Crippen molar-refractivity contribution >= 4 is 50.8 Å². The van der Waals surface area contributed by atoms with Crippen LogP contribution in [0.5, 0.6) is 0 Å². The van der Waals surface area contributed by atoms with E-state index >= 15 is 0 Å². The molecule has 0 amide bonds. The zero-order valence-electron chi connectivity index (χ0n) is 10.3. The highest BCUT2D eigenvalue weighted by Crippen LogP contribution is 2.30. The van der Waals surface area contributed by atoms with Crippen LogP contribution in [0.25, 0.3) is 5.57 Å². The van der Waals surface area contributed by atoms with E-state index in [1.807, 2.05) is 6.92 Å². The van der Waals surface area contributed by atoms with Gasteiger partial charge in [-0.05, 0) is 94.3 Å². The van der Waals surface area contributed by atoms with Gasteiger partial charge in [0, 0.05) is 7.15 Å². The second-order valence-corrected chi connectivity index (χ2v) is 6.32. The van der Waals surface area contributed by atoms with E-state index in [2.05, 4.69) is 96.0 Å². The smallest absolute Gasteiger partial charge is 0.0165 e. The molecule has 0 heterocycles. The molecule has 0 aromatic heterocycles. The maximum atomic E-state index is 4.03. The van der Waals surface area contributed by atoms with E-state index in [1.165, 1.54) is 25.8 Å². The Kier molecular flexibility index (Phi) is 5.92. The van der Waals surface area contributed by atoms with Crippen molar-refractivity contribution in [3.63, 3.8) is 0 Å². The number of halogens is 2.